The Bertz CT molecular complexity index is 262. The molecule has 1 rings (SSSR count). The Kier molecular flexibility index (Phi) is 3.62. The molecule has 0 saturated heterocycles. The van der Waals surface area contributed by atoms with Crippen molar-refractivity contribution < 1.29 is 9.53 Å². The smallest absolute Gasteiger partial charge is 0.333 e. The van der Waals surface area contributed by atoms with Crippen molar-refractivity contribution in [3.05, 3.63) is 23.2 Å². The minimum atomic E-state index is -0.548. The molecule has 1 aliphatic heterocycles. The van der Waals surface area contributed by atoms with Gasteiger partial charge < -0.3 is 4.74 Å². The van der Waals surface area contributed by atoms with Gasteiger partial charge in [-0.2, -0.15) is 0 Å². The van der Waals surface area contributed by atoms with Crippen molar-refractivity contribution in [2.75, 3.05) is 5.75 Å². The quantitative estimate of drug-likeness (QED) is 0.576. The Hall–Kier alpha value is -0.220. The summed E-state index contributed by atoms with van der Waals surface area (Å²) in [5.74, 6) is 0.610. The van der Waals surface area contributed by atoms with Gasteiger partial charge in [0, 0.05) is 12.5 Å². The number of hydrogen-bond acceptors (Lipinski definition) is 3. The molecule has 0 aromatic rings. The van der Waals surface area contributed by atoms with E-state index in [2.05, 4.69) is 22.5 Å². The minimum Gasteiger partial charge on any atom is -0.439 e. The van der Waals surface area contributed by atoms with Gasteiger partial charge in [-0.3, -0.25) is 0 Å². The van der Waals surface area contributed by atoms with Gasteiger partial charge in [-0.15, -0.1) is 18.3 Å². The molecule has 0 aromatic heterocycles. The van der Waals surface area contributed by atoms with Crippen molar-refractivity contribution in [3.63, 3.8) is 0 Å². The Morgan fingerprint density at radius 1 is 1.85 bits per heavy atom. The predicted octanol–water partition coefficient (Wildman–Crippen LogP) is 2.85. The maximum absolute atomic E-state index is 11.0. The van der Waals surface area contributed by atoms with E-state index in [1.165, 1.54) is 6.08 Å². The molecule has 72 valence electrons. The molecule has 0 radical (unpaired) electrons. The standard InChI is InChI=1S/C9H11BrO2S/c1-3-5-9(13-4-2)7(10)6-8(11)12-9/h3,6H,1,4-5H2,2H3. The number of rotatable bonds is 4. The fourth-order valence-corrected chi connectivity index (χ4v) is 2.99. The number of cyclic esters (lactones) is 1. The third-order valence-electron chi connectivity index (χ3n) is 1.66. The average Bonchev–Trinajstić information content (AvgIpc) is 2.28. The molecule has 0 spiro atoms. The Balaban J connectivity index is 2.85. The Morgan fingerprint density at radius 2 is 2.54 bits per heavy atom. The molecule has 0 saturated carbocycles. The normalized spacial score (nSPS) is 26.9. The molecule has 4 heteroatoms. The lowest BCUT2D eigenvalue weighted by Gasteiger charge is -2.26. The molecule has 0 fully saturated rings. The van der Waals surface area contributed by atoms with E-state index in [-0.39, 0.29) is 5.97 Å². The molecule has 0 aromatic carbocycles. The summed E-state index contributed by atoms with van der Waals surface area (Å²) in [6, 6.07) is 0. The Morgan fingerprint density at radius 3 is 2.92 bits per heavy atom. The number of esters is 1. The highest BCUT2D eigenvalue weighted by Gasteiger charge is 2.41. The van der Waals surface area contributed by atoms with Crippen LogP contribution in [0.4, 0.5) is 0 Å². The maximum atomic E-state index is 11.0. The van der Waals surface area contributed by atoms with E-state index in [9.17, 15) is 4.79 Å². The van der Waals surface area contributed by atoms with Crippen LogP contribution in [0.2, 0.25) is 0 Å². The molecule has 2 nitrogen and oxygen atoms in total. The summed E-state index contributed by atoms with van der Waals surface area (Å²) in [6.07, 6.45) is 3.87. The highest BCUT2D eigenvalue weighted by Crippen LogP contribution is 2.44. The van der Waals surface area contributed by atoms with Crippen molar-refractivity contribution in [1.82, 2.24) is 0 Å². The van der Waals surface area contributed by atoms with E-state index >= 15 is 0 Å². The van der Waals surface area contributed by atoms with Gasteiger partial charge in [0.1, 0.15) is 0 Å². The third-order valence-corrected chi connectivity index (χ3v) is 4.02. The maximum Gasteiger partial charge on any atom is 0.333 e. The number of carbonyl (C=O) groups is 1. The zero-order valence-corrected chi connectivity index (χ0v) is 9.78. The lowest BCUT2D eigenvalue weighted by Crippen LogP contribution is -2.25. The lowest BCUT2D eigenvalue weighted by atomic mass is 10.2. The van der Waals surface area contributed by atoms with Gasteiger partial charge in [-0.25, -0.2) is 4.79 Å². The van der Waals surface area contributed by atoms with Gasteiger partial charge in [0.25, 0.3) is 0 Å². The summed E-state index contributed by atoms with van der Waals surface area (Å²) < 4.78 is 6.06. The molecule has 1 aliphatic rings. The van der Waals surface area contributed by atoms with Gasteiger partial charge in [-0.05, 0) is 21.7 Å². The zero-order valence-electron chi connectivity index (χ0n) is 7.38. The number of halogens is 1. The topological polar surface area (TPSA) is 26.3 Å². The molecular formula is C9H11BrO2S. The van der Waals surface area contributed by atoms with Crippen molar-refractivity contribution in [2.24, 2.45) is 0 Å². The fourth-order valence-electron chi connectivity index (χ4n) is 1.17. The molecule has 1 unspecified atom stereocenters. The van der Waals surface area contributed by atoms with E-state index in [1.54, 1.807) is 17.8 Å². The van der Waals surface area contributed by atoms with Crippen LogP contribution in [0.1, 0.15) is 13.3 Å². The number of hydrogen-bond donors (Lipinski definition) is 0. The second-order valence-electron chi connectivity index (χ2n) is 2.59. The van der Waals surface area contributed by atoms with Crippen molar-refractivity contribution in [3.8, 4) is 0 Å². The molecule has 1 atom stereocenters. The van der Waals surface area contributed by atoms with Crippen LogP contribution < -0.4 is 0 Å². The van der Waals surface area contributed by atoms with Crippen LogP contribution in [-0.2, 0) is 9.53 Å². The van der Waals surface area contributed by atoms with Crippen LogP contribution in [-0.4, -0.2) is 16.7 Å². The summed E-state index contributed by atoms with van der Waals surface area (Å²) in [5, 5.41) is 0. The van der Waals surface area contributed by atoms with Gasteiger partial charge in [0.05, 0.1) is 4.48 Å². The summed E-state index contributed by atoms with van der Waals surface area (Å²) in [4.78, 5) is 10.5. The van der Waals surface area contributed by atoms with E-state index < -0.39 is 4.93 Å². The second-order valence-corrected chi connectivity index (χ2v) is 4.97. The first-order valence-electron chi connectivity index (χ1n) is 4.00. The minimum absolute atomic E-state index is 0.283. The van der Waals surface area contributed by atoms with Crippen molar-refractivity contribution >= 4 is 33.7 Å². The monoisotopic (exact) mass is 262 g/mol. The number of thioether (sulfide) groups is 1. The van der Waals surface area contributed by atoms with Crippen molar-refractivity contribution in [2.45, 2.75) is 18.3 Å². The molecule has 13 heavy (non-hydrogen) atoms. The first kappa shape index (κ1) is 10.9. The van der Waals surface area contributed by atoms with Gasteiger partial charge in [0.2, 0.25) is 0 Å². The van der Waals surface area contributed by atoms with Gasteiger partial charge in [-0.1, -0.05) is 13.0 Å². The highest BCUT2D eigenvalue weighted by molar-refractivity contribution is 9.12. The van der Waals surface area contributed by atoms with Crippen LogP contribution in [0.5, 0.6) is 0 Å². The van der Waals surface area contributed by atoms with E-state index in [0.29, 0.717) is 6.42 Å². The SMILES string of the molecule is C=CCC1(SCC)OC(=O)C=C1Br. The van der Waals surface area contributed by atoms with Gasteiger partial charge in [0.15, 0.2) is 4.93 Å². The number of ether oxygens (including phenoxy) is 1. The molecule has 0 bridgehead atoms. The highest BCUT2D eigenvalue weighted by atomic mass is 79.9. The van der Waals surface area contributed by atoms with E-state index in [4.69, 9.17) is 4.74 Å². The average molecular weight is 263 g/mol. The molecular weight excluding hydrogens is 252 g/mol. The summed E-state index contributed by atoms with van der Waals surface area (Å²) in [5.41, 5.74) is 0. The largest absolute Gasteiger partial charge is 0.439 e. The number of carbonyl (C=O) groups excluding carboxylic acids is 1. The summed E-state index contributed by atoms with van der Waals surface area (Å²) in [6.45, 7) is 5.69. The zero-order chi connectivity index (χ0) is 9.90. The van der Waals surface area contributed by atoms with Crippen molar-refractivity contribution in [1.29, 1.82) is 0 Å². The molecule has 0 aliphatic carbocycles. The van der Waals surface area contributed by atoms with Gasteiger partial charge >= 0.3 is 5.97 Å². The van der Waals surface area contributed by atoms with Crippen LogP contribution in [0.25, 0.3) is 0 Å². The molecule has 0 amide bonds. The second kappa shape index (κ2) is 4.33. The van der Waals surface area contributed by atoms with E-state index in [0.717, 1.165) is 10.2 Å². The van der Waals surface area contributed by atoms with Crippen LogP contribution in [0.3, 0.4) is 0 Å². The predicted molar refractivity (Wildman–Crippen MR) is 58.8 cm³/mol. The summed E-state index contributed by atoms with van der Waals surface area (Å²) >= 11 is 4.94. The molecule has 1 heterocycles. The summed E-state index contributed by atoms with van der Waals surface area (Å²) in [7, 11) is 0. The van der Waals surface area contributed by atoms with Crippen LogP contribution >= 0.6 is 27.7 Å². The van der Waals surface area contributed by atoms with Crippen LogP contribution in [0, 0.1) is 0 Å². The molecule has 0 N–H and O–H groups in total. The van der Waals surface area contributed by atoms with Crippen LogP contribution in [0.15, 0.2) is 23.2 Å². The first-order chi connectivity index (χ1) is 6.14. The van der Waals surface area contributed by atoms with E-state index in [1.807, 2.05) is 6.92 Å². The third kappa shape index (κ3) is 2.17. The lowest BCUT2D eigenvalue weighted by molar-refractivity contribution is -0.140. The fraction of sp³-hybridized carbons (Fsp3) is 0.444. The Labute approximate surface area is 90.5 Å². The first-order valence-corrected chi connectivity index (χ1v) is 5.78.